The van der Waals surface area contributed by atoms with Gasteiger partial charge in [-0.25, -0.2) is 9.48 Å². The fourth-order valence-corrected chi connectivity index (χ4v) is 2.63. The largest absolute Gasteiger partial charge is 0.416 e. The van der Waals surface area contributed by atoms with Crippen molar-refractivity contribution in [2.24, 2.45) is 7.05 Å². The SMILES string of the molecule is Cn1nc(-c2ccc(NC(=O)Nc3cc(C(F)(F)F)ccc3Cl)cc2)ccc1=O. The van der Waals surface area contributed by atoms with Crippen LogP contribution >= 0.6 is 11.6 Å². The van der Waals surface area contributed by atoms with E-state index in [1.165, 1.54) is 17.8 Å². The molecule has 0 atom stereocenters. The van der Waals surface area contributed by atoms with Gasteiger partial charge in [0.25, 0.3) is 5.56 Å². The average molecular weight is 423 g/mol. The summed E-state index contributed by atoms with van der Waals surface area (Å²) in [6.07, 6.45) is -4.55. The van der Waals surface area contributed by atoms with Gasteiger partial charge in [0.1, 0.15) is 0 Å². The second-order valence-corrected chi connectivity index (χ2v) is 6.44. The summed E-state index contributed by atoms with van der Waals surface area (Å²) in [6, 6.07) is 11.4. The average Bonchev–Trinajstić information content (AvgIpc) is 2.65. The van der Waals surface area contributed by atoms with E-state index in [0.717, 1.165) is 18.2 Å². The van der Waals surface area contributed by atoms with Gasteiger partial charge in [-0.15, -0.1) is 0 Å². The van der Waals surface area contributed by atoms with Crippen molar-refractivity contribution in [3.05, 3.63) is 75.5 Å². The first kappa shape index (κ1) is 20.4. The van der Waals surface area contributed by atoms with Gasteiger partial charge in [-0.05, 0) is 36.4 Å². The molecule has 0 unspecified atom stereocenters. The Morgan fingerprint density at radius 2 is 1.72 bits per heavy atom. The van der Waals surface area contributed by atoms with Crippen LogP contribution in [0.1, 0.15) is 5.56 Å². The lowest BCUT2D eigenvalue weighted by molar-refractivity contribution is -0.137. The molecule has 3 rings (SSSR count). The molecule has 6 nitrogen and oxygen atoms in total. The molecule has 0 aliphatic heterocycles. The van der Waals surface area contributed by atoms with E-state index >= 15 is 0 Å². The molecule has 2 amide bonds. The van der Waals surface area contributed by atoms with Crippen molar-refractivity contribution in [1.82, 2.24) is 9.78 Å². The molecular formula is C19H14ClF3N4O2. The molecule has 0 aliphatic carbocycles. The highest BCUT2D eigenvalue weighted by Crippen LogP contribution is 2.33. The van der Waals surface area contributed by atoms with Crippen LogP contribution in [0.4, 0.5) is 29.3 Å². The van der Waals surface area contributed by atoms with Crippen LogP contribution in [0.25, 0.3) is 11.3 Å². The number of aromatic nitrogens is 2. The third-order valence-electron chi connectivity index (χ3n) is 3.94. The van der Waals surface area contributed by atoms with Gasteiger partial charge < -0.3 is 10.6 Å². The zero-order valence-corrected chi connectivity index (χ0v) is 15.7. The molecule has 0 fully saturated rings. The summed E-state index contributed by atoms with van der Waals surface area (Å²) in [7, 11) is 1.53. The smallest absolute Gasteiger partial charge is 0.308 e. The molecule has 0 spiro atoms. The van der Waals surface area contributed by atoms with Crippen LogP contribution in [0.5, 0.6) is 0 Å². The van der Waals surface area contributed by atoms with E-state index in [0.29, 0.717) is 16.9 Å². The number of halogens is 4. The Morgan fingerprint density at radius 3 is 2.34 bits per heavy atom. The summed E-state index contributed by atoms with van der Waals surface area (Å²) in [5.74, 6) is 0. The highest BCUT2D eigenvalue weighted by atomic mass is 35.5. The number of carbonyl (C=O) groups excluding carboxylic acids is 1. The highest BCUT2D eigenvalue weighted by Gasteiger charge is 2.31. The Hall–Kier alpha value is -3.33. The number of carbonyl (C=O) groups is 1. The maximum absolute atomic E-state index is 12.8. The molecule has 150 valence electrons. The first-order valence-corrected chi connectivity index (χ1v) is 8.61. The number of nitrogens with zero attached hydrogens (tertiary/aromatic N) is 2. The number of nitrogens with one attached hydrogen (secondary N) is 2. The molecule has 0 radical (unpaired) electrons. The van der Waals surface area contributed by atoms with Crippen molar-refractivity contribution in [3.8, 4) is 11.3 Å². The zero-order valence-electron chi connectivity index (χ0n) is 14.9. The lowest BCUT2D eigenvalue weighted by atomic mass is 10.1. The number of amides is 2. The standard InChI is InChI=1S/C19H14ClF3N4O2/c1-27-17(28)9-8-15(26-27)11-2-5-13(6-3-11)24-18(29)25-16-10-12(19(21,22)23)4-7-14(16)20/h2-10H,1H3,(H2,24,25,29). The van der Waals surface area contributed by atoms with Gasteiger partial charge in [0.05, 0.1) is 22.0 Å². The summed E-state index contributed by atoms with van der Waals surface area (Å²) in [6.45, 7) is 0. The maximum Gasteiger partial charge on any atom is 0.416 e. The van der Waals surface area contributed by atoms with Gasteiger partial charge in [0.15, 0.2) is 0 Å². The third-order valence-corrected chi connectivity index (χ3v) is 4.27. The van der Waals surface area contributed by atoms with E-state index in [4.69, 9.17) is 11.6 Å². The summed E-state index contributed by atoms with van der Waals surface area (Å²) in [5, 5.41) is 8.91. The summed E-state index contributed by atoms with van der Waals surface area (Å²) < 4.78 is 39.6. The van der Waals surface area contributed by atoms with E-state index < -0.39 is 17.8 Å². The fourth-order valence-electron chi connectivity index (χ4n) is 2.46. The monoisotopic (exact) mass is 422 g/mol. The number of hydrogen-bond donors (Lipinski definition) is 2. The van der Waals surface area contributed by atoms with Crippen LogP contribution in [-0.2, 0) is 13.2 Å². The minimum atomic E-state index is -4.55. The minimum Gasteiger partial charge on any atom is -0.308 e. The van der Waals surface area contributed by atoms with E-state index in [9.17, 15) is 22.8 Å². The van der Waals surface area contributed by atoms with Crippen LogP contribution in [-0.4, -0.2) is 15.8 Å². The Labute approximate surface area is 167 Å². The van der Waals surface area contributed by atoms with Crippen LogP contribution in [0.3, 0.4) is 0 Å². The Kier molecular flexibility index (Phi) is 5.60. The molecule has 3 aromatic rings. The number of hydrogen-bond acceptors (Lipinski definition) is 3. The van der Waals surface area contributed by atoms with Gasteiger partial charge in [-0.3, -0.25) is 4.79 Å². The maximum atomic E-state index is 12.8. The normalized spacial score (nSPS) is 11.2. The molecule has 2 aromatic carbocycles. The molecule has 2 N–H and O–H groups in total. The fraction of sp³-hybridized carbons (Fsp3) is 0.105. The lowest BCUT2D eigenvalue weighted by Crippen LogP contribution is -2.20. The van der Waals surface area contributed by atoms with E-state index in [1.807, 2.05) is 0 Å². The van der Waals surface area contributed by atoms with Crippen molar-refractivity contribution in [1.29, 1.82) is 0 Å². The zero-order chi connectivity index (χ0) is 21.2. The van der Waals surface area contributed by atoms with Crippen LogP contribution in [0, 0.1) is 0 Å². The van der Waals surface area contributed by atoms with E-state index in [2.05, 4.69) is 15.7 Å². The second kappa shape index (κ2) is 7.96. The molecule has 1 aromatic heterocycles. The van der Waals surface area contributed by atoms with E-state index in [-0.39, 0.29) is 16.3 Å². The van der Waals surface area contributed by atoms with Gasteiger partial charge >= 0.3 is 12.2 Å². The predicted octanol–water partition coefficient (Wildman–Crippen LogP) is 4.76. The quantitative estimate of drug-likeness (QED) is 0.638. The van der Waals surface area contributed by atoms with Crippen molar-refractivity contribution in [2.45, 2.75) is 6.18 Å². The first-order valence-electron chi connectivity index (χ1n) is 8.23. The topological polar surface area (TPSA) is 76.0 Å². The number of urea groups is 1. The third kappa shape index (κ3) is 4.94. The minimum absolute atomic E-state index is 0.0238. The van der Waals surface area contributed by atoms with Gasteiger partial charge in [-0.1, -0.05) is 23.7 Å². The molecule has 0 bridgehead atoms. The summed E-state index contributed by atoms with van der Waals surface area (Å²) in [4.78, 5) is 23.5. The van der Waals surface area contributed by atoms with Crippen molar-refractivity contribution < 1.29 is 18.0 Å². The van der Waals surface area contributed by atoms with Crippen molar-refractivity contribution in [3.63, 3.8) is 0 Å². The number of rotatable bonds is 3. The van der Waals surface area contributed by atoms with Gasteiger partial charge in [0.2, 0.25) is 0 Å². The molecular weight excluding hydrogens is 409 g/mol. The molecule has 29 heavy (non-hydrogen) atoms. The number of alkyl halides is 3. The van der Waals surface area contributed by atoms with Crippen LogP contribution in [0.15, 0.2) is 59.4 Å². The predicted molar refractivity (Wildman–Crippen MR) is 104 cm³/mol. The molecule has 10 heteroatoms. The number of aryl methyl sites for hydroxylation is 1. The van der Waals surface area contributed by atoms with Gasteiger partial charge in [0, 0.05) is 24.4 Å². The molecule has 0 saturated heterocycles. The lowest BCUT2D eigenvalue weighted by Gasteiger charge is -2.12. The molecule has 0 saturated carbocycles. The Bertz CT molecular complexity index is 1110. The van der Waals surface area contributed by atoms with Crippen LogP contribution < -0.4 is 16.2 Å². The Morgan fingerprint density at radius 1 is 1.03 bits per heavy atom. The number of benzene rings is 2. The summed E-state index contributed by atoms with van der Waals surface area (Å²) >= 11 is 5.86. The van der Waals surface area contributed by atoms with Crippen LogP contribution in [0.2, 0.25) is 5.02 Å². The van der Waals surface area contributed by atoms with Crippen molar-refractivity contribution >= 4 is 29.0 Å². The van der Waals surface area contributed by atoms with Crippen molar-refractivity contribution in [2.75, 3.05) is 10.6 Å². The van der Waals surface area contributed by atoms with E-state index in [1.54, 1.807) is 30.3 Å². The first-order chi connectivity index (χ1) is 13.6. The molecule has 1 heterocycles. The highest BCUT2D eigenvalue weighted by molar-refractivity contribution is 6.33. The second-order valence-electron chi connectivity index (χ2n) is 6.03. The number of anilines is 2. The summed E-state index contributed by atoms with van der Waals surface area (Å²) in [5.41, 5.74) is 0.360. The molecule has 0 aliphatic rings. The van der Waals surface area contributed by atoms with Gasteiger partial charge in [-0.2, -0.15) is 18.3 Å². The Balaban J connectivity index is 1.71.